The highest BCUT2D eigenvalue weighted by Crippen LogP contribution is 2.35. The largest absolute Gasteiger partial charge is 0.376 e. The van der Waals surface area contributed by atoms with Crippen molar-refractivity contribution in [1.82, 2.24) is 14.5 Å². The second-order valence-electron chi connectivity index (χ2n) is 7.96. The zero-order valence-corrected chi connectivity index (χ0v) is 18.4. The third-order valence-corrected chi connectivity index (χ3v) is 7.49. The zero-order chi connectivity index (χ0) is 21.5. The number of hydrogen-bond acceptors (Lipinski definition) is 5. The molecule has 9 heteroatoms. The van der Waals surface area contributed by atoms with E-state index >= 15 is 0 Å². The lowest BCUT2D eigenvalue weighted by molar-refractivity contribution is -0.122. The van der Waals surface area contributed by atoms with Crippen LogP contribution in [0.2, 0.25) is 5.02 Å². The number of nitrogens with one attached hydrogen (secondary N) is 1. The van der Waals surface area contributed by atoms with E-state index in [0.717, 1.165) is 47.1 Å². The van der Waals surface area contributed by atoms with E-state index in [1.165, 1.54) is 15.9 Å². The number of rotatable bonds is 5. The quantitative estimate of drug-likeness (QED) is 0.636. The van der Waals surface area contributed by atoms with Crippen molar-refractivity contribution in [2.75, 3.05) is 13.2 Å². The topological polar surface area (TPSA) is 82.3 Å². The van der Waals surface area contributed by atoms with Crippen molar-refractivity contribution in [2.45, 2.75) is 44.8 Å². The first-order valence-electron chi connectivity index (χ1n) is 10.5. The minimum absolute atomic E-state index is 0.0225. The molecule has 1 amide bonds. The van der Waals surface area contributed by atoms with Crippen molar-refractivity contribution in [3.05, 3.63) is 60.6 Å². The lowest BCUT2D eigenvalue weighted by atomic mass is 10.2. The van der Waals surface area contributed by atoms with Gasteiger partial charge in [-0.1, -0.05) is 11.6 Å². The fourth-order valence-corrected chi connectivity index (χ4v) is 5.90. The molecule has 1 fully saturated rings. The van der Waals surface area contributed by atoms with Gasteiger partial charge >= 0.3 is 5.69 Å². The van der Waals surface area contributed by atoms with Crippen molar-refractivity contribution in [2.24, 2.45) is 0 Å². The summed E-state index contributed by atoms with van der Waals surface area (Å²) in [7, 11) is 0. The summed E-state index contributed by atoms with van der Waals surface area (Å²) >= 11 is 7.45. The maximum atomic E-state index is 13.4. The van der Waals surface area contributed by atoms with E-state index in [2.05, 4.69) is 5.32 Å². The molecule has 0 bridgehead atoms. The molecule has 31 heavy (non-hydrogen) atoms. The highest BCUT2D eigenvalue weighted by Gasteiger charge is 2.26. The predicted molar refractivity (Wildman–Crippen MR) is 121 cm³/mol. The summed E-state index contributed by atoms with van der Waals surface area (Å²) in [6.45, 7) is 0.997. The monoisotopic (exact) mass is 459 g/mol. The number of carbonyl (C=O) groups excluding carboxylic acids is 1. The van der Waals surface area contributed by atoms with E-state index in [-0.39, 0.29) is 24.1 Å². The molecule has 1 aliphatic carbocycles. The molecule has 0 spiro atoms. The van der Waals surface area contributed by atoms with Crippen molar-refractivity contribution < 1.29 is 9.53 Å². The van der Waals surface area contributed by atoms with Gasteiger partial charge in [0.05, 0.1) is 17.2 Å². The van der Waals surface area contributed by atoms with Crippen LogP contribution in [0.15, 0.2) is 33.9 Å². The molecule has 1 aromatic carbocycles. The molecule has 3 heterocycles. The van der Waals surface area contributed by atoms with Gasteiger partial charge in [0, 0.05) is 23.1 Å². The standard InChI is InChI=1S/C22H22ClN3O4S/c23-13-6-8-14(9-7-13)26-20(28)19-16-4-1-5-17(16)31-21(19)25(22(26)29)12-18(27)24-11-15-3-2-10-30-15/h6-9,15H,1-5,10-12H2,(H,24,27)/t15-/m0/s1. The second kappa shape index (κ2) is 8.26. The summed E-state index contributed by atoms with van der Waals surface area (Å²) in [5.74, 6) is -0.270. The predicted octanol–water partition coefficient (Wildman–Crippen LogP) is 2.65. The Kier molecular flexibility index (Phi) is 5.45. The average Bonchev–Trinajstić information content (AvgIpc) is 3.48. The van der Waals surface area contributed by atoms with Crippen molar-refractivity contribution in [3.8, 4) is 5.69 Å². The molecule has 3 aromatic rings. The fourth-order valence-electron chi connectivity index (χ4n) is 4.40. The first kappa shape index (κ1) is 20.5. The molecule has 2 aliphatic rings. The first-order valence-corrected chi connectivity index (χ1v) is 11.7. The molecule has 1 atom stereocenters. The maximum Gasteiger partial charge on any atom is 0.337 e. The highest BCUT2D eigenvalue weighted by atomic mass is 35.5. The lowest BCUT2D eigenvalue weighted by Gasteiger charge is -2.14. The summed E-state index contributed by atoms with van der Waals surface area (Å²) in [4.78, 5) is 41.2. The van der Waals surface area contributed by atoms with Gasteiger partial charge < -0.3 is 10.1 Å². The molecule has 1 aliphatic heterocycles. The van der Waals surface area contributed by atoms with E-state index in [0.29, 0.717) is 34.1 Å². The summed E-state index contributed by atoms with van der Waals surface area (Å²) in [6.07, 6.45) is 4.65. The van der Waals surface area contributed by atoms with Gasteiger partial charge in [0.25, 0.3) is 5.56 Å². The summed E-state index contributed by atoms with van der Waals surface area (Å²) < 4.78 is 8.13. The Morgan fingerprint density at radius 1 is 1.19 bits per heavy atom. The Bertz CT molecular complexity index is 1270. The molecular formula is C22H22ClN3O4S. The molecular weight excluding hydrogens is 438 g/mol. The number of halogens is 1. The number of benzene rings is 1. The Morgan fingerprint density at radius 3 is 2.74 bits per heavy atom. The smallest absolute Gasteiger partial charge is 0.337 e. The summed E-state index contributed by atoms with van der Waals surface area (Å²) in [6, 6.07) is 6.57. The van der Waals surface area contributed by atoms with Gasteiger partial charge in [0.1, 0.15) is 11.4 Å². The number of hydrogen-bond donors (Lipinski definition) is 1. The van der Waals surface area contributed by atoms with Crippen LogP contribution in [0, 0.1) is 0 Å². The van der Waals surface area contributed by atoms with Crippen LogP contribution in [0.25, 0.3) is 15.9 Å². The Labute approximate surface area is 187 Å². The van der Waals surface area contributed by atoms with Gasteiger partial charge in [-0.05, 0) is 61.9 Å². The Morgan fingerprint density at radius 2 is 2.00 bits per heavy atom. The lowest BCUT2D eigenvalue weighted by Crippen LogP contribution is -2.42. The number of carbonyl (C=O) groups is 1. The highest BCUT2D eigenvalue weighted by molar-refractivity contribution is 7.19. The second-order valence-corrected chi connectivity index (χ2v) is 9.48. The summed E-state index contributed by atoms with van der Waals surface area (Å²) in [5.41, 5.74) is 0.596. The third-order valence-electron chi connectivity index (χ3n) is 5.92. The number of thiophene rings is 1. The number of nitrogens with zero attached hydrogens (tertiary/aromatic N) is 2. The van der Waals surface area contributed by atoms with Crippen LogP contribution in [0.3, 0.4) is 0 Å². The maximum absolute atomic E-state index is 13.4. The molecule has 5 rings (SSSR count). The minimum Gasteiger partial charge on any atom is -0.376 e. The number of fused-ring (bicyclic) bond motifs is 3. The normalized spacial score (nSPS) is 17.9. The van der Waals surface area contributed by atoms with E-state index in [1.807, 2.05) is 0 Å². The van der Waals surface area contributed by atoms with Crippen molar-refractivity contribution in [3.63, 3.8) is 0 Å². The molecule has 0 unspecified atom stereocenters. The van der Waals surface area contributed by atoms with Gasteiger partial charge in [0.15, 0.2) is 0 Å². The molecule has 2 aromatic heterocycles. The van der Waals surface area contributed by atoms with Gasteiger partial charge in [-0.15, -0.1) is 11.3 Å². The third kappa shape index (κ3) is 3.73. The van der Waals surface area contributed by atoms with Gasteiger partial charge in [-0.2, -0.15) is 0 Å². The molecule has 7 nitrogen and oxygen atoms in total. The molecule has 0 saturated carbocycles. The minimum atomic E-state index is -0.521. The van der Waals surface area contributed by atoms with Crippen LogP contribution >= 0.6 is 22.9 Å². The van der Waals surface area contributed by atoms with Crippen LogP contribution in [0.1, 0.15) is 29.7 Å². The first-order chi connectivity index (χ1) is 15.0. The van der Waals surface area contributed by atoms with Crippen LogP contribution in [0.5, 0.6) is 0 Å². The van der Waals surface area contributed by atoms with E-state index in [4.69, 9.17) is 16.3 Å². The average molecular weight is 460 g/mol. The molecule has 1 saturated heterocycles. The van der Waals surface area contributed by atoms with Gasteiger partial charge in [-0.25, -0.2) is 9.36 Å². The molecule has 0 radical (unpaired) electrons. The number of aromatic nitrogens is 2. The van der Waals surface area contributed by atoms with Crippen LogP contribution in [-0.2, 0) is 28.9 Å². The van der Waals surface area contributed by atoms with Crippen molar-refractivity contribution in [1.29, 1.82) is 0 Å². The van der Waals surface area contributed by atoms with Crippen LogP contribution < -0.4 is 16.6 Å². The number of aryl methyl sites for hydroxylation is 2. The number of amides is 1. The van der Waals surface area contributed by atoms with E-state index < -0.39 is 5.69 Å². The number of ether oxygens (including phenoxy) is 1. The van der Waals surface area contributed by atoms with Crippen molar-refractivity contribution >= 4 is 39.1 Å². The fraction of sp³-hybridized carbons (Fsp3) is 0.409. The Hall–Kier alpha value is -2.42. The molecule has 162 valence electrons. The van der Waals surface area contributed by atoms with Gasteiger partial charge in [0.2, 0.25) is 5.91 Å². The van der Waals surface area contributed by atoms with Gasteiger partial charge in [-0.3, -0.25) is 14.2 Å². The van der Waals surface area contributed by atoms with Crippen LogP contribution in [0.4, 0.5) is 0 Å². The van der Waals surface area contributed by atoms with E-state index in [1.54, 1.807) is 24.3 Å². The SMILES string of the molecule is O=C(Cn1c(=O)n(-c2ccc(Cl)cc2)c(=O)c2c3c(sc21)CCC3)NC[C@@H]1CCCO1. The van der Waals surface area contributed by atoms with Crippen LogP contribution in [-0.4, -0.2) is 34.3 Å². The molecule has 1 N–H and O–H groups in total. The van der Waals surface area contributed by atoms with E-state index in [9.17, 15) is 14.4 Å². The Balaban J connectivity index is 1.59. The summed E-state index contributed by atoms with van der Waals surface area (Å²) in [5, 5.41) is 3.94. The zero-order valence-electron chi connectivity index (χ0n) is 16.9.